The summed E-state index contributed by atoms with van der Waals surface area (Å²) in [6.07, 6.45) is -6.33. The summed E-state index contributed by atoms with van der Waals surface area (Å²) in [5, 5.41) is 11.3. The van der Waals surface area contributed by atoms with Gasteiger partial charge in [-0.3, -0.25) is 19.7 Å². The fraction of sp³-hybridized carbons (Fsp3) is 0.0909. The number of nitro groups is 1. The Morgan fingerprint density at radius 3 is 2.20 bits per heavy atom. The van der Waals surface area contributed by atoms with Gasteiger partial charge in [0.15, 0.2) is 6.29 Å². The van der Waals surface area contributed by atoms with Gasteiger partial charge < -0.3 is 9.47 Å². The molecule has 0 aromatic heterocycles. The first kappa shape index (κ1) is 26.3. The minimum atomic E-state index is -4.63. The van der Waals surface area contributed by atoms with Crippen LogP contribution in [0.1, 0.15) is 15.9 Å². The lowest BCUT2D eigenvalue weighted by atomic mass is 10.0. The molecule has 0 fully saturated rings. The maximum absolute atomic E-state index is 13.0. The van der Waals surface area contributed by atoms with Crippen LogP contribution in [-0.4, -0.2) is 23.1 Å². The molecule has 0 saturated heterocycles. The van der Waals surface area contributed by atoms with Crippen molar-refractivity contribution in [1.82, 2.24) is 0 Å². The highest BCUT2D eigenvalue weighted by molar-refractivity contribution is 6.35. The number of ether oxygens (including phenoxy) is 2. The van der Waals surface area contributed by atoms with Crippen molar-refractivity contribution in [3.05, 3.63) is 90.9 Å². The molecule has 3 aromatic carbocycles. The van der Waals surface area contributed by atoms with Gasteiger partial charge in [-0.25, -0.2) is 0 Å². The molecule has 35 heavy (non-hydrogen) atoms. The van der Waals surface area contributed by atoms with E-state index in [1.165, 1.54) is 18.2 Å². The minimum Gasteiger partial charge on any atom is -0.473 e. The molecule has 0 radical (unpaired) electrons. The summed E-state index contributed by atoms with van der Waals surface area (Å²) in [5.41, 5.74) is -2.24. The predicted octanol–water partition coefficient (Wildman–Crippen LogP) is 7.20. The van der Waals surface area contributed by atoms with Crippen molar-refractivity contribution in [3.8, 4) is 17.2 Å². The average molecular weight is 549 g/mol. The molecule has 0 saturated carbocycles. The zero-order valence-electron chi connectivity index (χ0n) is 17.0. The molecule has 1 atom stereocenters. The molecule has 0 aliphatic heterocycles. The van der Waals surface area contributed by atoms with Crippen LogP contribution >= 0.6 is 34.8 Å². The van der Waals surface area contributed by atoms with Gasteiger partial charge in [0, 0.05) is 11.1 Å². The van der Waals surface area contributed by atoms with Gasteiger partial charge >= 0.3 is 6.18 Å². The first-order valence-corrected chi connectivity index (χ1v) is 10.5. The van der Waals surface area contributed by atoms with E-state index in [0.717, 1.165) is 30.3 Å². The highest BCUT2D eigenvalue weighted by Gasteiger charge is 2.32. The molecule has 1 unspecified atom stereocenters. The molecule has 0 heterocycles. The van der Waals surface area contributed by atoms with Crippen molar-refractivity contribution < 1.29 is 37.2 Å². The van der Waals surface area contributed by atoms with E-state index >= 15 is 0 Å². The standard InChI is InChI=1S/C22H11Cl3F3NO6/c23-12-2-6-19(16(25)8-12)35-20(10-30)21(31)14-9-13(3-4-17(14)29(32)33)34-18-5-1-11(7-15(18)24)22(26,27)28/h1-10,20H. The Labute approximate surface area is 210 Å². The minimum absolute atomic E-state index is 0.0133. The second-order valence-corrected chi connectivity index (χ2v) is 8.05. The summed E-state index contributed by atoms with van der Waals surface area (Å²) < 4.78 is 49.3. The molecule has 0 bridgehead atoms. The second-order valence-electron chi connectivity index (χ2n) is 6.79. The van der Waals surface area contributed by atoms with E-state index in [4.69, 9.17) is 44.3 Å². The highest BCUT2D eigenvalue weighted by Crippen LogP contribution is 2.37. The molecular weight excluding hydrogens is 538 g/mol. The number of halogens is 6. The largest absolute Gasteiger partial charge is 0.473 e. The fourth-order valence-corrected chi connectivity index (χ4v) is 3.50. The molecule has 13 heteroatoms. The number of hydrogen-bond acceptors (Lipinski definition) is 6. The van der Waals surface area contributed by atoms with Crippen LogP contribution in [0, 0.1) is 10.1 Å². The Morgan fingerprint density at radius 2 is 1.63 bits per heavy atom. The lowest BCUT2D eigenvalue weighted by Crippen LogP contribution is -2.29. The smallest absolute Gasteiger partial charge is 0.416 e. The van der Waals surface area contributed by atoms with Crippen LogP contribution in [0.5, 0.6) is 17.2 Å². The molecular formula is C22H11Cl3F3NO6. The molecule has 0 spiro atoms. The number of hydrogen-bond donors (Lipinski definition) is 0. The van der Waals surface area contributed by atoms with Gasteiger partial charge in [0.25, 0.3) is 5.69 Å². The van der Waals surface area contributed by atoms with Gasteiger partial charge in [-0.1, -0.05) is 34.8 Å². The van der Waals surface area contributed by atoms with E-state index in [1.54, 1.807) is 0 Å². The van der Waals surface area contributed by atoms with Crippen LogP contribution in [0.25, 0.3) is 0 Å². The van der Waals surface area contributed by atoms with E-state index in [2.05, 4.69) is 0 Å². The van der Waals surface area contributed by atoms with Gasteiger partial charge in [-0.15, -0.1) is 0 Å². The summed E-state index contributed by atoms with van der Waals surface area (Å²) in [4.78, 5) is 35.2. The third-order valence-corrected chi connectivity index (χ3v) is 5.27. The lowest BCUT2D eigenvalue weighted by molar-refractivity contribution is -0.385. The molecule has 0 N–H and O–H groups in total. The summed E-state index contributed by atoms with van der Waals surface area (Å²) in [6, 6.07) is 9.29. The Bertz CT molecular complexity index is 1320. The number of aldehydes is 1. The zero-order chi connectivity index (χ0) is 25.9. The number of Topliss-reactive ketones (excluding diaryl/α,β-unsaturated/α-hetero) is 1. The second kappa shape index (κ2) is 10.5. The first-order chi connectivity index (χ1) is 16.4. The first-order valence-electron chi connectivity index (χ1n) is 9.35. The van der Waals surface area contributed by atoms with Gasteiger partial charge in [-0.05, 0) is 48.5 Å². The summed E-state index contributed by atoms with van der Waals surface area (Å²) in [6.45, 7) is 0. The molecule has 0 amide bonds. The van der Waals surface area contributed by atoms with Crippen molar-refractivity contribution in [3.63, 3.8) is 0 Å². The SMILES string of the molecule is O=CC(Oc1ccc(Cl)cc1Cl)C(=O)c1cc(Oc2ccc(C(F)(F)F)cc2Cl)ccc1[N+](=O)[O-]. The van der Waals surface area contributed by atoms with E-state index in [9.17, 15) is 32.9 Å². The van der Waals surface area contributed by atoms with Crippen LogP contribution in [0.15, 0.2) is 54.6 Å². The fourth-order valence-electron chi connectivity index (χ4n) is 2.83. The predicted molar refractivity (Wildman–Crippen MR) is 121 cm³/mol. The van der Waals surface area contributed by atoms with Crippen LogP contribution in [0.2, 0.25) is 15.1 Å². The van der Waals surface area contributed by atoms with Crippen molar-refractivity contribution in [2.45, 2.75) is 12.3 Å². The highest BCUT2D eigenvalue weighted by atomic mass is 35.5. The Hall–Kier alpha value is -3.34. The number of carbonyl (C=O) groups excluding carboxylic acids is 2. The Kier molecular flexibility index (Phi) is 7.89. The quantitative estimate of drug-likeness (QED) is 0.0971. The van der Waals surface area contributed by atoms with Crippen LogP contribution < -0.4 is 9.47 Å². The van der Waals surface area contributed by atoms with E-state index in [-0.39, 0.29) is 33.6 Å². The number of nitro benzene ring substituents is 1. The number of alkyl halides is 3. The Balaban J connectivity index is 1.94. The van der Waals surface area contributed by atoms with E-state index < -0.39 is 44.8 Å². The summed E-state index contributed by atoms with van der Waals surface area (Å²) >= 11 is 17.7. The average Bonchev–Trinajstić information content (AvgIpc) is 2.78. The van der Waals surface area contributed by atoms with Crippen LogP contribution in [-0.2, 0) is 11.0 Å². The number of ketones is 1. The maximum atomic E-state index is 13.0. The molecule has 3 aromatic rings. The molecule has 182 valence electrons. The summed E-state index contributed by atoms with van der Waals surface area (Å²) in [5.74, 6) is -1.55. The monoisotopic (exact) mass is 547 g/mol. The lowest BCUT2D eigenvalue weighted by Gasteiger charge is -2.15. The number of rotatable bonds is 8. The molecule has 7 nitrogen and oxygen atoms in total. The summed E-state index contributed by atoms with van der Waals surface area (Å²) in [7, 11) is 0. The number of nitrogens with zero attached hydrogens (tertiary/aromatic N) is 1. The van der Waals surface area contributed by atoms with E-state index in [1.807, 2.05) is 0 Å². The van der Waals surface area contributed by atoms with Crippen LogP contribution in [0.4, 0.5) is 18.9 Å². The number of benzene rings is 3. The van der Waals surface area contributed by atoms with Gasteiger partial charge in [0.2, 0.25) is 11.9 Å². The third-order valence-electron chi connectivity index (χ3n) is 4.45. The maximum Gasteiger partial charge on any atom is 0.416 e. The normalized spacial score (nSPS) is 12.1. The van der Waals surface area contributed by atoms with Gasteiger partial charge in [0.1, 0.15) is 22.8 Å². The molecule has 0 aliphatic carbocycles. The van der Waals surface area contributed by atoms with Crippen molar-refractivity contribution in [2.75, 3.05) is 0 Å². The van der Waals surface area contributed by atoms with Crippen molar-refractivity contribution in [1.29, 1.82) is 0 Å². The van der Waals surface area contributed by atoms with Crippen molar-refractivity contribution >= 4 is 52.6 Å². The van der Waals surface area contributed by atoms with Crippen LogP contribution in [0.3, 0.4) is 0 Å². The Morgan fingerprint density at radius 1 is 0.971 bits per heavy atom. The van der Waals surface area contributed by atoms with Gasteiger partial charge in [-0.2, -0.15) is 13.2 Å². The zero-order valence-corrected chi connectivity index (χ0v) is 19.3. The van der Waals surface area contributed by atoms with Crippen molar-refractivity contribution in [2.24, 2.45) is 0 Å². The van der Waals surface area contributed by atoms with E-state index in [0.29, 0.717) is 6.07 Å². The molecule has 0 aliphatic rings. The number of carbonyl (C=O) groups is 2. The molecule has 3 rings (SSSR count). The topological polar surface area (TPSA) is 95.7 Å². The van der Waals surface area contributed by atoms with Gasteiger partial charge in [0.05, 0.1) is 20.5 Å². The third kappa shape index (κ3) is 6.21.